The molecule has 0 aliphatic carbocycles. The number of carbonyl (C=O) groups is 1. The predicted octanol–water partition coefficient (Wildman–Crippen LogP) is 4.28. The fourth-order valence-corrected chi connectivity index (χ4v) is 6.11. The second kappa shape index (κ2) is 7.85. The molecule has 1 aromatic heterocycles. The first-order valence-corrected chi connectivity index (χ1v) is 11.9. The molecule has 1 aliphatic heterocycles. The van der Waals surface area contributed by atoms with E-state index in [-0.39, 0.29) is 10.8 Å². The Bertz CT molecular complexity index is 1150. The predicted molar refractivity (Wildman–Crippen MR) is 116 cm³/mol. The summed E-state index contributed by atoms with van der Waals surface area (Å²) in [5.41, 5.74) is 2.30. The normalized spacial score (nSPS) is 18.1. The Labute approximate surface area is 174 Å². The summed E-state index contributed by atoms with van der Waals surface area (Å²) in [4.78, 5) is 17.1. The van der Waals surface area contributed by atoms with E-state index >= 15 is 0 Å². The molecule has 0 radical (unpaired) electrons. The Hall–Kier alpha value is -2.29. The topological polar surface area (TPSA) is 79.4 Å². The average Bonchev–Trinajstić information content (AvgIpc) is 3.09. The zero-order valence-electron chi connectivity index (χ0n) is 16.4. The smallest absolute Gasteiger partial charge is 0.257 e. The molecule has 1 unspecified atom stereocenters. The minimum absolute atomic E-state index is 0.237. The summed E-state index contributed by atoms with van der Waals surface area (Å²) in [6.07, 6.45) is 1.95. The van der Waals surface area contributed by atoms with Gasteiger partial charge in [-0.15, -0.1) is 0 Å². The third-order valence-corrected chi connectivity index (χ3v) is 7.95. The van der Waals surface area contributed by atoms with Crippen molar-refractivity contribution < 1.29 is 13.2 Å². The Morgan fingerprint density at radius 1 is 1.21 bits per heavy atom. The van der Waals surface area contributed by atoms with Gasteiger partial charge in [0.05, 0.1) is 15.1 Å². The van der Waals surface area contributed by atoms with Crippen molar-refractivity contribution in [3.63, 3.8) is 0 Å². The lowest BCUT2D eigenvalue weighted by molar-refractivity contribution is 0.102. The highest BCUT2D eigenvalue weighted by atomic mass is 32.2. The number of anilines is 1. The van der Waals surface area contributed by atoms with Gasteiger partial charge in [0.15, 0.2) is 5.13 Å². The molecule has 1 atom stereocenters. The van der Waals surface area contributed by atoms with Crippen molar-refractivity contribution in [2.45, 2.75) is 31.6 Å². The van der Waals surface area contributed by atoms with Crippen LogP contribution in [0.15, 0.2) is 47.4 Å². The van der Waals surface area contributed by atoms with Crippen LogP contribution in [0.5, 0.6) is 0 Å². The number of aromatic nitrogens is 1. The van der Waals surface area contributed by atoms with Crippen LogP contribution in [0.3, 0.4) is 0 Å². The first kappa shape index (κ1) is 20.0. The van der Waals surface area contributed by atoms with E-state index in [1.54, 1.807) is 34.6 Å². The third-order valence-electron chi connectivity index (χ3n) is 5.15. The number of hydrogen-bond donors (Lipinski definition) is 1. The van der Waals surface area contributed by atoms with Crippen LogP contribution in [-0.4, -0.2) is 36.7 Å². The van der Waals surface area contributed by atoms with E-state index in [1.807, 2.05) is 19.1 Å². The highest BCUT2D eigenvalue weighted by Crippen LogP contribution is 2.30. The number of rotatable bonds is 4. The number of aryl methyl sites for hydroxylation is 1. The van der Waals surface area contributed by atoms with Crippen molar-refractivity contribution in [2.75, 3.05) is 18.4 Å². The molecule has 2 heterocycles. The lowest BCUT2D eigenvalue weighted by Gasteiger charge is -2.30. The molecule has 1 N–H and O–H groups in total. The van der Waals surface area contributed by atoms with Crippen LogP contribution < -0.4 is 5.32 Å². The van der Waals surface area contributed by atoms with Gasteiger partial charge in [-0.2, -0.15) is 4.31 Å². The lowest BCUT2D eigenvalue weighted by atomic mass is 10.0. The van der Waals surface area contributed by atoms with Crippen LogP contribution in [0, 0.1) is 12.8 Å². The monoisotopic (exact) mass is 429 g/mol. The first-order valence-electron chi connectivity index (χ1n) is 9.62. The molecule has 1 saturated heterocycles. The summed E-state index contributed by atoms with van der Waals surface area (Å²) in [6.45, 7) is 5.16. The molecule has 0 spiro atoms. The summed E-state index contributed by atoms with van der Waals surface area (Å²) in [6, 6.07) is 12.3. The summed E-state index contributed by atoms with van der Waals surface area (Å²) in [7, 11) is -3.52. The van der Waals surface area contributed by atoms with Crippen LogP contribution in [0.1, 0.15) is 35.7 Å². The number of sulfonamides is 1. The molecule has 6 nitrogen and oxygen atoms in total. The third kappa shape index (κ3) is 4.19. The second-order valence-corrected chi connectivity index (χ2v) is 10.5. The van der Waals surface area contributed by atoms with E-state index in [0.29, 0.717) is 35.2 Å². The highest BCUT2D eigenvalue weighted by Gasteiger charge is 2.29. The van der Waals surface area contributed by atoms with Gasteiger partial charge in [-0.1, -0.05) is 36.0 Å². The average molecular weight is 430 g/mol. The molecule has 4 rings (SSSR count). The maximum absolute atomic E-state index is 13.0. The summed E-state index contributed by atoms with van der Waals surface area (Å²) in [5, 5.41) is 3.25. The van der Waals surface area contributed by atoms with Gasteiger partial charge >= 0.3 is 0 Å². The largest absolute Gasteiger partial charge is 0.298 e. The van der Waals surface area contributed by atoms with E-state index < -0.39 is 10.0 Å². The van der Waals surface area contributed by atoms with Gasteiger partial charge in [-0.05, 0) is 56.0 Å². The van der Waals surface area contributed by atoms with Crippen molar-refractivity contribution in [1.82, 2.24) is 9.29 Å². The van der Waals surface area contributed by atoms with Crippen molar-refractivity contribution in [3.05, 3.63) is 53.6 Å². The van der Waals surface area contributed by atoms with Gasteiger partial charge in [-0.3, -0.25) is 10.1 Å². The summed E-state index contributed by atoms with van der Waals surface area (Å²) < 4.78 is 28.3. The molecular weight excluding hydrogens is 406 g/mol. The molecule has 2 aromatic carbocycles. The number of fused-ring (bicyclic) bond motifs is 1. The molecule has 8 heteroatoms. The van der Waals surface area contributed by atoms with Crippen LogP contribution in [0.4, 0.5) is 5.13 Å². The van der Waals surface area contributed by atoms with E-state index in [1.165, 1.54) is 11.3 Å². The Morgan fingerprint density at radius 2 is 1.97 bits per heavy atom. The quantitative estimate of drug-likeness (QED) is 0.671. The summed E-state index contributed by atoms with van der Waals surface area (Å²) >= 11 is 1.27. The Kier molecular flexibility index (Phi) is 5.42. The number of thiazole rings is 1. The number of amides is 1. The SMILES string of the molecule is Cc1ccc(C(=O)Nc2nc3ccc(S(=O)(=O)N4CCCC(C)C4)cc3s2)cc1. The molecule has 0 saturated carbocycles. The minimum Gasteiger partial charge on any atom is -0.298 e. The molecular formula is C21H23N3O3S2. The van der Waals surface area contributed by atoms with Gasteiger partial charge < -0.3 is 0 Å². The second-order valence-electron chi connectivity index (χ2n) is 7.58. The molecule has 0 bridgehead atoms. The molecule has 1 amide bonds. The number of carbonyl (C=O) groups excluding carboxylic acids is 1. The minimum atomic E-state index is -3.52. The van der Waals surface area contributed by atoms with E-state index in [0.717, 1.165) is 23.1 Å². The maximum atomic E-state index is 13.0. The first-order chi connectivity index (χ1) is 13.8. The van der Waals surface area contributed by atoms with E-state index in [9.17, 15) is 13.2 Å². The number of hydrogen-bond acceptors (Lipinski definition) is 5. The lowest BCUT2D eigenvalue weighted by Crippen LogP contribution is -2.39. The van der Waals surface area contributed by atoms with Gasteiger partial charge in [0.25, 0.3) is 5.91 Å². The van der Waals surface area contributed by atoms with Gasteiger partial charge in [0.2, 0.25) is 10.0 Å². The fourth-order valence-electron chi connectivity index (χ4n) is 3.51. The van der Waals surface area contributed by atoms with Crippen LogP contribution in [-0.2, 0) is 10.0 Å². The van der Waals surface area contributed by atoms with Crippen molar-refractivity contribution >= 4 is 42.6 Å². The van der Waals surface area contributed by atoms with Crippen LogP contribution >= 0.6 is 11.3 Å². The van der Waals surface area contributed by atoms with Crippen LogP contribution in [0.2, 0.25) is 0 Å². The standard InChI is InChI=1S/C21H23N3O3S2/c1-14-5-7-16(8-6-14)20(25)23-21-22-18-10-9-17(12-19(18)28-21)29(26,27)24-11-3-4-15(2)13-24/h5-10,12,15H,3-4,11,13H2,1-2H3,(H,22,23,25). The highest BCUT2D eigenvalue weighted by molar-refractivity contribution is 7.89. The molecule has 1 fully saturated rings. The van der Waals surface area contributed by atoms with Gasteiger partial charge in [0.1, 0.15) is 0 Å². The molecule has 1 aliphatic rings. The van der Waals surface area contributed by atoms with E-state index in [4.69, 9.17) is 0 Å². The number of piperidine rings is 1. The van der Waals surface area contributed by atoms with Gasteiger partial charge in [0, 0.05) is 18.7 Å². The van der Waals surface area contributed by atoms with Gasteiger partial charge in [-0.25, -0.2) is 13.4 Å². The zero-order chi connectivity index (χ0) is 20.6. The molecule has 29 heavy (non-hydrogen) atoms. The Morgan fingerprint density at radius 3 is 2.69 bits per heavy atom. The van der Waals surface area contributed by atoms with Crippen molar-refractivity contribution in [1.29, 1.82) is 0 Å². The van der Waals surface area contributed by atoms with Crippen LogP contribution in [0.25, 0.3) is 10.2 Å². The Balaban J connectivity index is 1.57. The van der Waals surface area contributed by atoms with Crippen molar-refractivity contribution in [2.24, 2.45) is 5.92 Å². The zero-order valence-corrected chi connectivity index (χ0v) is 18.0. The van der Waals surface area contributed by atoms with E-state index in [2.05, 4.69) is 17.2 Å². The number of nitrogens with zero attached hydrogens (tertiary/aromatic N) is 2. The number of nitrogens with one attached hydrogen (secondary N) is 1. The number of benzene rings is 2. The maximum Gasteiger partial charge on any atom is 0.257 e. The summed E-state index contributed by atoms with van der Waals surface area (Å²) in [5.74, 6) is 0.133. The molecule has 152 valence electrons. The molecule has 3 aromatic rings. The fraction of sp³-hybridized carbons (Fsp3) is 0.333. The van der Waals surface area contributed by atoms with Crippen molar-refractivity contribution in [3.8, 4) is 0 Å².